The first-order chi connectivity index (χ1) is 8.51. The van der Waals surface area contributed by atoms with Crippen molar-refractivity contribution < 1.29 is 23.0 Å². The van der Waals surface area contributed by atoms with E-state index in [1.165, 1.54) is 7.11 Å². The summed E-state index contributed by atoms with van der Waals surface area (Å²) in [5.41, 5.74) is -0.379. The van der Waals surface area contributed by atoms with Crippen LogP contribution >= 0.6 is 11.6 Å². The minimum Gasteiger partial charge on any atom is -0.493 e. The van der Waals surface area contributed by atoms with E-state index in [0.717, 1.165) is 6.20 Å². The molecule has 1 heterocycles. The molecule has 1 rings (SSSR count). The maximum Gasteiger partial charge on any atom is 0.310 e. The summed E-state index contributed by atoms with van der Waals surface area (Å²) in [6.07, 6.45) is -1.98. The number of aromatic nitrogens is 1. The summed E-state index contributed by atoms with van der Waals surface area (Å²) >= 11 is 5.66. The molecule has 100 valence electrons. The quantitative estimate of drug-likeness (QED) is 0.614. The van der Waals surface area contributed by atoms with E-state index in [1.54, 1.807) is 6.92 Å². The number of pyridine rings is 1. The highest BCUT2D eigenvalue weighted by atomic mass is 35.5. The summed E-state index contributed by atoms with van der Waals surface area (Å²) < 4.78 is 35.4. The summed E-state index contributed by atoms with van der Waals surface area (Å²) in [6.45, 7) is 1.81. The molecule has 18 heavy (non-hydrogen) atoms. The number of carbonyl (C=O) groups is 1. The number of hydrogen-bond donors (Lipinski definition) is 0. The number of rotatable bonds is 5. The fraction of sp³-hybridized carbons (Fsp3) is 0.455. The third-order valence-corrected chi connectivity index (χ3v) is 2.44. The van der Waals surface area contributed by atoms with E-state index in [1.807, 2.05) is 0 Å². The van der Waals surface area contributed by atoms with Gasteiger partial charge < -0.3 is 9.47 Å². The molecular weight excluding hydrogens is 268 g/mol. The van der Waals surface area contributed by atoms with Gasteiger partial charge in [-0.05, 0) is 12.5 Å². The second kappa shape index (κ2) is 6.49. The van der Waals surface area contributed by atoms with E-state index in [-0.39, 0.29) is 29.5 Å². The van der Waals surface area contributed by atoms with Crippen molar-refractivity contribution in [2.24, 2.45) is 0 Å². The first kappa shape index (κ1) is 14.6. The average Bonchev–Trinajstić information content (AvgIpc) is 2.30. The topological polar surface area (TPSA) is 48.4 Å². The highest BCUT2D eigenvalue weighted by molar-refractivity contribution is 6.31. The lowest BCUT2D eigenvalue weighted by Gasteiger charge is -2.13. The summed E-state index contributed by atoms with van der Waals surface area (Å²) in [7, 11) is 1.21. The van der Waals surface area contributed by atoms with Crippen LogP contribution < -0.4 is 4.74 Å². The highest BCUT2D eigenvalue weighted by Gasteiger charge is 2.23. The lowest BCUT2D eigenvalue weighted by molar-refractivity contribution is -0.142. The van der Waals surface area contributed by atoms with Gasteiger partial charge in [-0.15, -0.1) is 0 Å². The van der Waals surface area contributed by atoms with Crippen molar-refractivity contribution in [2.45, 2.75) is 19.8 Å². The van der Waals surface area contributed by atoms with E-state index < -0.39 is 18.0 Å². The summed E-state index contributed by atoms with van der Waals surface area (Å²) in [4.78, 5) is 15.0. The minimum atomic E-state index is -2.81. The van der Waals surface area contributed by atoms with Gasteiger partial charge in [0.15, 0.2) is 10.9 Å². The maximum atomic E-state index is 13.0. The van der Waals surface area contributed by atoms with E-state index in [9.17, 15) is 13.6 Å². The fourth-order valence-electron chi connectivity index (χ4n) is 1.46. The van der Waals surface area contributed by atoms with Gasteiger partial charge in [0.25, 0.3) is 6.43 Å². The molecule has 0 amide bonds. The molecule has 1 aromatic rings. The zero-order chi connectivity index (χ0) is 13.7. The number of nitrogens with zero attached hydrogens (tertiary/aromatic N) is 1. The molecule has 4 nitrogen and oxygen atoms in total. The van der Waals surface area contributed by atoms with Gasteiger partial charge in [-0.1, -0.05) is 11.6 Å². The van der Waals surface area contributed by atoms with Crippen LogP contribution in [0.15, 0.2) is 6.20 Å². The Morgan fingerprint density at radius 3 is 2.72 bits per heavy atom. The molecule has 0 saturated heterocycles. The number of alkyl halides is 2. The van der Waals surface area contributed by atoms with Crippen molar-refractivity contribution in [1.29, 1.82) is 0 Å². The molecule has 1 aromatic heterocycles. The van der Waals surface area contributed by atoms with Crippen molar-refractivity contribution >= 4 is 17.6 Å². The van der Waals surface area contributed by atoms with Crippen LogP contribution in [0.2, 0.25) is 5.15 Å². The van der Waals surface area contributed by atoms with Gasteiger partial charge >= 0.3 is 5.97 Å². The summed E-state index contributed by atoms with van der Waals surface area (Å²) in [6, 6.07) is 0. The molecule has 0 saturated carbocycles. The number of halogens is 3. The van der Waals surface area contributed by atoms with Crippen molar-refractivity contribution in [1.82, 2.24) is 4.98 Å². The van der Waals surface area contributed by atoms with Crippen LogP contribution in [0.4, 0.5) is 8.78 Å². The largest absolute Gasteiger partial charge is 0.493 e. The maximum absolute atomic E-state index is 13.0. The Hall–Kier alpha value is -1.43. The molecule has 0 fully saturated rings. The van der Waals surface area contributed by atoms with E-state index in [0.29, 0.717) is 0 Å². The van der Waals surface area contributed by atoms with Gasteiger partial charge in [-0.25, -0.2) is 13.8 Å². The lowest BCUT2D eigenvalue weighted by Crippen LogP contribution is -2.11. The molecule has 0 spiro atoms. The van der Waals surface area contributed by atoms with Crippen molar-refractivity contribution in [3.8, 4) is 5.75 Å². The predicted octanol–water partition coefficient (Wildman–Crippen LogP) is 2.79. The number of hydrogen-bond acceptors (Lipinski definition) is 4. The Bertz CT molecular complexity index is 441. The molecule has 0 atom stereocenters. The highest BCUT2D eigenvalue weighted by Crippen LogP contribution is 2.36. The number of methoxy groups -OCH3 is 1. The molecule has 0 aliphatic rings. The van der Waals surface area contributed by atoms with Crippen molar-refractivity contribution in [3.63, 3.8) is 0 Å². The van der Waals surface area contributed by atoms with Gasteiger partial charge in [0.05, 0.1) is 25.7 Å². The van der Waals surface area contributed by atoms with Crippen LogP contribution in [0, 0.1) is 0 Å². The first-order valence-corrected chi connectivity index (χ1v) is 5.54. The molecular formula is C11H12ClF2NO3. The van der Waals surface area contributed by atoms with E-state index in [2.05, 4.69) is 4.98 Å². The Kier molecular flexibility index (Phi) is 5.27. The smallest absolute Gasteiger partial charge is 0.310 e. The predicted molar refractivity (Wildman–Crippen MR) is 61.1 cm³/mol. The molecule has 0 unspecified atom stereocenters. The first-order valence-electron chi connectivity index (χ1n) is 5.16. The molecule has 0 aromatic carbocycles. The third-order valence-electron chi connectivity index (χ3n) is 2.17. The monoisotopic (exact) mass is 279 g/mol. The Balaban J connectivity index is 3.15. The fourth-order valence-corrected chi connectivity index (χ4v) is 1.69. The zero-order valence-corrected chi connectivity index (χ0v) is 10.6. The van der Waals surface area contributed by atoms with Crippen LogP contribution in [0.1, 0.15) is 24.5 Å². The van der Waals surface area contributed by atoms with Crippen molar-refractivity contribution in [2.75, 3.05) is 13.7 Å². The van der Waals surface area contributed by atoms with Crippen LogP contribution in [0.5, 0.6) is 5.75 Å². The molecule has 0 aliphatic carbocycles. The number of ether oxygens (including phenoxy) is 2. The Labute approximate surface area is 108 Å². The van der Waals surface area contributed by atoms with Gasteiger partial charge in [-0.2, -0.15) is 0 Å². The lowest BCUT2D eigenvalue weighted by atomic mass is 10.1. The SMILES string of the molecule is CCOC(=O)Cc1cnc(Cl)c(OC)c1C(F)F. The second-order valence-electron chi connectivity index (χ2n) is 3.30. The van der Waals surface area contributed by atoms with Gasteiger partial charge in [0.2, 0.25) is 0 Å². The van der Waals surface area contributed by atoms with Crippen LogP contribution in [-0.4, -0.2) is 24.7 Å². The molecule has 0 radical (unpaired) electrons. The minimum absolute atomic E-state index is 0.0460. The summed E-state index contributed by atoms with van der Waals surface area (Å²) in [5.74, 6) is -0.820. The Morgan fingerprint density at radius 2 is 2.22 bits per heavy atom. The molecule has 0 aliphatic heterocycles. The molecule has 0 bridgehead atoms. The third kappa shape index (κ3) is 3.29. The number of esters is 1. The average molecular weight is 280 g/mol. The van der Waals surface area contributed by atoms with Gasteiger partial charge in [-0.3, -0.25) is 4.79 Å². The van der Waals surface area contributed by atoms with Crippen molar-refractivity contribution in [3.05, 3.63) is 22.5 Å². The molecule has 7 heteroatoms. The van der Waals surface area contributed by atoms with Gasteiger partial charge in [0.1, 0.15) is 0 Å². The normalized spacial score (nSPS) is 10.6. The number of carbonyl (C=O) groups excluding carboxylic acids is 1. The summed E-state index contributed by atoms with van der Waals surface area (Å²) in [5, 5.41) is -0.166. The van der Waals surface area contributed by atoms with E-state index in [4.69, 9.17) is 21.1 Å². The Morgan fingerprint density at radius 1 is 1.56 bits per heavy atom. The standard InChI is InChI=1S/C11H12ClF2NO3/c1-3-18-7(16)4-6-5-15-10(12)9(17-2)8(6)11(13)14/h5,11H,3-4H2,1-2H3. The van der Waals surface area contributed by atoms with Crippen LogP contribution in [0.3, 0.4) is 0 Å². The zero-order valence-electron chi connectivity index (χ0n) is 9.87. The van der Waals surface area contributed by atoms with Crippen LogP contribution in [-0.2, 0) is 16.0 Å². The van der Waals surface area contributed by atoms with Crippen LogP contribution in [0.25, 0.3) is 0 Å². The molecule has 0 N–H and O–H groups in total. The second-order valence-corrected chi connectivity index (χ2v) is 3.66. The van der Waals surface area contributed by atoms with E-state index >= 15 is 0 Å². The van der Waals surface area contributed by atoms with Gasteiger partial charge in [0, 0.05) is 6.20 Å².